The van der Waals surface area contributed by atoms with Crippen molar-refractivity contribution in [3.8, 4) is 28.7 Å². The zero-order valence-electron chi connectivity index (χ0n) is 23.9. The zero-order chi connectivity index (χ0) is 30.3. The zero-order valence-corrected chi connectivity index (χ0v) is 24.7. The number of H-pyrrole nitrogens is 1. The van der Waals surface area contributed by atoms with Gasteiger partial charge < -0.3 is 23.4 Å². The number of hydrogen-bond acceptors (Lipinski definition) is 7. The first-order valence-electron chi connectivity index (χ1n) is 14.3. The fourth-order valence-corrected chi connectivity index (χ4v) is 6.34. The summed E-state index contributed by atoms with van der Waals surface area (Å²) in [7, 11) is -3.13. The minimum Gasteiger partial charge on any atom is -0.493 e. The van der Waals surface area contributed by atoms with Gasteiger partial charge in [-0.1, -0.05) is 35.4 Å². The fraction of sp³-hybridized carbons (Fsp3) is 0.312. The summed E-state index contributed by atoms with van der Waals surface area (Å²) >= 11 is 0. The second-order valence-corrected chi connectivity index (χ2v) is 12.0. The quantitative estimate of drug-likeness (QED) is 0.166. The summed E-state index contributed by atoms with van der Waals surface area (Å²) in [6.45, 7) is 4.25. The minimum atomic E-state index is -5.22. The Labute approximate surface area is 248 Å². The number of pyridine rings is 1. The number of rotatable bonds is 8. The largest absolute Gasteiger partial charge is 0.493 e. The molecule has 3 aromatic carbocycles. The van der Waals surface area contributed by atoms with Crippen molar-refractivity contribution in [1.29, 1.82) is 5.26 Å². The van der Waals surface area contributed by atoms with Crippen molar-refractivity contribution < 1.29 is 21.2 Å². The minimum absolute atomic E-state index is 0.0800. The average Bonchev–Trinajstić information content (AvgIpc) is 3.36. The smallest absolute Gasteiger partial charge is 0.488 e. The SMILES string of the molecule is CCCCOc1cc2c(=O)c3c4ccc(C#N)cc4[nH]c3n(C3CCN(C)CC3)c2cc1-c1cccc(OS(=O)(=O)F)c1. The van der Waals surface area contributed by atoms with Gasteiger partial charge in [-0.25, -0.2) is 0 Å². The molecule has 222 valence electrons. The Kier molecular flexibility index (Phi) is 7.58. The summed E-state index contributed by atoms with van der Waals surface area (Å²) in [5, 5.41) is 11.3. The highest BCUT2D eigenvalue weighted by molar-refractivity contribution is 7.81. The lowest BCUT2D eigenvalue weighted by Gasteiger charge is -2.32. The van der Waals surface area contributed by atoms with E-state index in [1.165, 1.54) is 12.1 Å². The Bertz CT molecular complexity index is 2070. The maximum absolute atomic E-state index is 14.3. The number of aromatic nitrogens is 2. The van der Waals surface area contributed by atoms with Gasteiger partial charge >= 0.3 is 10.5 Å². The van der Waals surface area contributed by atoms with Crippen LogP contribution in [0.3, 0.4) is 0 Å². The third kappa shape index (κ3) is 5.56. The molecule has 0 spiro atoms. The molecular weight excluding hydrogens is 571 g/mol. The van der Waals surface area contributed by atoms with Crippen LogP contribution < -0.4 is 14.3 Å². The number of piperidine rings is 1. The van der Waals surface area contributed by atoms with Crippen LogP contribution in [0.1, 0.15) is 44.2 Å². The van der Waals surface area contributed by atoms with Crippen molar-refractivity contribution in [2.24, 2.45) is 0 Å². The lowest BCUT2D eigenvalue weighted by molar-refractivity contribution is 0.226. The molecule has 0 unspecified atom stereocenters. The van der Waals surface area contributed by atoms with Crippen molar-refractivity contribution in [1.82, 2.24) is 14.5 Å². The van der Waals surface area contributed by atoms with Crippen LogP contribution in [0.2, 0.25) is 0 Å². The van der Waals surface area contributed by atoms with Gasteiger partial charge in [-0.15, -0.1) is 0 Å². The lowest BCUT2D eigenvalue weighted by atomic mass is 9.98. The molecule has 3 heterocycles. The predicted molar refractivity (Wildman–Crippen MR) is 165 cm³/mol. The second kappa shape index (κ2) is 11.4. The average molecular weight is 603 g/mol. The maximum atomic E-state index is 14.3. The van der Waals surface area contributed by atoms with Crippen molar-refractivity contribution in [3.05, 3.63) is 70.4 Å². The second-order valence-electron chi connectivity index (χ2n) is 11.0. The number of nitrogens with zero attached hydrogens (tertiary/aromatic N) is 3. The van der Waals surface area contributed by atoms with Gasteiger partial charge in [0.15, 0.2) is 5.43 Å². The molecule has 1 saturated heterocycles. The number of likely N-dealkylation sites (tertiary alicyclic amines) is 1. The number of ether oxygens (including phenoxy) is 1. The molecule has 1 fully saturated rings. The molecule has 0 aliphatic carbocycles. The maximum Gasteiger partial charge on any atom is 0.488 e. The monoisotopic (exact) mass is 602 g/mol. The Morgan fingerprint density at radius 1 is 1.09 bits per heavy atom. The molecule has 1 aliphatic heterocycles. The highest BCUT2D eigenvalue weighted by Gasteiger charge is 2.26. The lowest BCUT2D eigenvalue weighted by Crippen LogP contribution is -2.32. The molecule has 11 heteroatoms. The van der Waals surface area contributed by atoms with Gasteiger partial charge in [0.1, 0.15) is 17.1 Å². The molecular formula is C32H31FN4O5S. The Morgan fingerprint density at radius 3 is 2.60 bits per heavy atom. The number of halogens is 1. The topological polar surface area (TPSA) is 117 Å². The van der Waals surface area contributed by atoms with Gasteiger partial charge in [-0.05, 0) is 81.4 Å². The van der Waals surface area contributed by atoms with Gasteiger partial charge in [0.05, 0.1) is 34.5 Å². The van der Waals surface area contributed by atoms with Gasteiger partial charge in [0.2, 0.25) is 0 Å². The van der Waals surface area contributed by atoms with Gasteiger partial charge in [-0.3, -0.25) is 4.79 Å². The summed E-state index contributed by atoms with van der Waals surface area (Å²) in [4.78, 5) is 20.0. The molecule has 6 rings (SSSR count). The van der Waals surface area contributed by atoms with E-state index in [0.29, 0.717) is 56.5 Å². The van der Waals surface area contributed by atoms with Crippen LogP contribution >= 0.6 is 0 Å². The molecule has 2 aromatic heterocycles. The molecule has 1 N–H and O–H groups in total. The number of benzene rings is 3. The third-order valence-electron chi connectivity index (χ3n) is 8.13. The highest BCUT2D eigenvalue weighted by atomic mass is 32.3. The molecule has 5 aromatic rings. The number of nitriles is 1. The van der Waals surface area contributed by atoms with Crippen LogP contribution in [-0.4, -0.2) is 49.6 Å². The first kappa shape index (κ1) is 28.7. The normalized spacial score (nSPS) is 14.8. The van der Waals surface area contributed by atoms with Crippen LogP contribution in [0.15, 0.2) is 59.4 Å². The van der Waals surface area contributed by atoms with Crippen LogP contribution in [0.25, 0.3) is 44.0 Å². The van der Waals surface area contributed by atoms with E-state index in [9.17, 15) is 22.4 Å². The van der Waals surface area contributed by atoms with Crippen LogP contribution in [0.4, 0.5) is 3.89 Å². The molecule has 0 saturated carbocycles. The summed E-state index contributed by atoms with van der Waals surface area (Å²) in [6, 6.07) is 17.3. The van der Waals surface area contributed by atoms with E-state index in [0.717, 1.165) is 44.2 Å². The molecule has 43 heavy (non-hydrogen) atoms. The summed E-state index contributed by atoms with van der Waals surface area (Å²) in [6.07, 6.45) is 3.43. The molecule has 0 amide bonds. The van der Waals surface area contributed by atoms with E-state index in [1.807, 2.05) is 12.1 Å². The number of unbranched alkanes of at least 4 members (excludes halogenated alkanes) is 1. The van der Waals surface area contributed by atoms with Crippen molar-refractivity contribution in [2.45, 2.75) is 38.6 Å². The predicted octanol–water partition coefficient (Wildman–Crippen LogP) is 6.21. The fourth-order valence-electron chi connectivity index (χ4n) is 6.00. The van der Waals surface area contributed by atoms with E-state index in [1.54, 1.807) is 30.3 Å². The van der Waals surface area contributed by atoms with Crippen molar-refractivity contribution in [2.75, 3.05) is 26.7 Å². The van der Waals surface area contributed by atoms with E-state index in [-0.39, 0.29) is 17.2 Å². The molecule has 1 aliphatic rings. The Hall–Kier alpha value is -4.40. The van der Waals surface area contributed by atoms with Crippen molar-refractivity contribution >= 4 is 43.3 Å². The number of nitrogens with one attached hydrogen (secondary N) is 1. The molecule has 0 bridgehead atoms. The number of fused-ring (bicyclic) bond motifs is 4. The van der Waals surface area contributed by atoms with Crippen molar-refractivity contribution in [3.63, 3.8) is 0 Å². The standard InChI is InChI=1S/C32H31FN4O5S/c1-3-4-14-41-29-18-26-28(17-25(29)21-6-5-7-23(16-21)42-43(33,39)40)37(22-10-12-36(2)13-11-22)32-30(31(26)38)24-9-8-20(19-34)15-27(24)35-32/h5-9,15-18,22,35H,3-4,10-14H2,1-2H3. The molecule has 0 radical (unpaired) electrons. The van der Waals surface area contributed by atoms with Crippen LogP contribution in [-0.2, 0) is 10.5 Å². The van der Waals surface area contributed by atoms with Gasteiger partial charge in [-0.2, -0.15) is 13.7 Å². The van der Waals surface area contributed by atoms with E-state index in [4.69, 9.17) is 4.74 Å². The Balaban J connectivity index is 1.67. The van der Waals surface area contributed by atoms with Gasteiger partial charge in [0.25, 0.3) is 0 Å². The Morgan fingerprint density at radius 2 is 1.88 bits per heavy atom. The van der Waals surface area contributed by atoms with E-state index >= 15 is 0 Å². The van der Waals surface area contributed by atoms with Crippen LogP contribution in [0, 0.1) is 11.3 Å². The molecule has 9 nitrogen and oxygen atoms in total. The van der Waals surface area contributed by atoms with Crippen LogP contribution in [0.5, 0.6) is 11.5 Å². The van der Waals surface area contributed by atoms with E-state index < -0.39 is 10.5 Å². The third-order valence-corrected chi connectivity index (χ3v) is 8.52. The summed E-state index contributed by atoms with van der Waals surface area (Å²) in [5.41, 5.74) is 3.59. The summed E-state index contributed by atoms with van der Waals surface area (Å²) in [5.74, 6) is 0.283. The number of hydrogen-bond donors (Lipinski definition) is 1. The molecule has 0 atom stereocenters. The van der Waals surface area contributed by atoms with Gasteiger partial charge in [0, 0.05) is 22.5 Å². The number of aromatic amines is 1. The summed E-state index contributed by atoms with van der Waals surface area (Å²) < 4.78 is 48.7. The highest BCUT2D eigenvalue weighted by Crippen LogP contribution is 2.39. The van der Waals surface area contributed by atoms with E-state index in [2.05, 4.69) is 38.7 Å². The first-order chi connectivity index (χ1) is 20.7. The first-order valence-corrected chi connectivity index (χ1v) is 15.6.